The van der Waals surface area contributed by atoms with Crippen molar-refractivity contribution in [1.82, 2.24) is 4.98 Å². The van der Waals surface area contributed by atoms with Gasteiger partial charge in [0.15, 0.2) is 0 Å². The zero-order valence-electron chi connectivity index (χ0n) is 9.23. The van der Waals surface area contributed by atoms with Crippen LogP contribution in [0, 0.1) is 17.2 Å². The van der Waals surface area contributed by atoms with Crippen molar-refractivity contribution in [3.63, 3.8) is 0 Å². The second kappa shape index (κ2) is 5.71. The van der Waals surface area contributed by atoms with Gasteiger partial charge in [0, 0.05) is 6.07 Å². The van der Waals surface area contributed by atoms with Gasteiger partial charge in [0.25, 0.3) is 0 Å². The van der Waals surface area contributed by atoms with E-state index in [0.29, 0.717) is 18.2 Å². The van der Waals surface area contributed by atoms with E-state index in [9.17, 15) is 4.79 Å². The summed E-state index contributed by atoms with van der Waals surface area (Å²) in [5, 5.41) is 11.1. The molecular formula is C11H13N3O2. The van der Waals surface area contributed by atoms with Gasteiger partial charge in [0.1, 0.15) is 5.92 Å². The van der Waals surface area contributed by atoms with Crippen LogP contribution in [0.15, 0.2) is 18.3 Å². The van der Waals surface area contributed by atoms with Crippen molar-refractivity contribution in [2.24, 2.45) is 5.92 Å². The number of pyridine rings is 1. The molecule has 0 aliphatic rings. The molecule has 5 heteroatoms. The van der Waals surface area contributed by atoms with Crippen molar-refractivity contribution in [3.8, 4) is 11.9 Å². The average molecular weight is 219 g/mol. The third-order valence-electron chi connectivity index (χ3n) is 1.88. The van der Waals surface area contributed by atoms with Crippen molar-refractivity contribution < 1.29 is 9.53 Å². The van der Waals surface area contributed by atoms with Crippen molar-refractivity contribution in [2.45, 2.75) is 13.8 Å². The summed E-state index contributed by atoms with van der Waals surface area (Å²) in [5.41, 5.74) is 0.551. The third-order valence-corrected chi connectivity index (χ3v) is 1.88. The molecule has 0 saturated heterocycles. The summed E-state index contributed by atoms with van der Waals surface area (Å²) in [4.78, 5) is 15.3. The molecule has 84 valence electrons. The molecule has 1 aromatic heterocycles. The number of carbonyl (C=O) groups excluding carboxylic acids is 1. The maximum absolute atomic E-state index is 11.4. The highest BCUT2D eigenvalue weighted by Gasteiger charge is 2.11. The Morgan fingerprint density at radius 1 is 1.69 bits per heavy atom. The van der Waals surface area contributed by atoms with E-state index in [1.54, 1.807) is 12.1 Å². The predicted octanol–water partition coefficient (Wildman–Crippen LogP) is 1.58. The Balaban J connectivity index is 2.62. The lowest BCUT2D eigenvalue weighted by molar-refractivity contribution is -0.117. The number of nitrogens with zero attached hydrogens (tertiary/aromatic N) is 2. The lowest BCUT2D eigenvalue weighted by Crippen LogP contribution is -2.18. The molecule has 0 aromatic carbocycles. The highest BCUT2D eigenvalue weighted by atomic mass is 16.5. The van der Waals surface area contributed by atoms with Crippen molar-refractivity contribution >= 4 is 11.6 Å². The summed E-state index contributed by atoms with van der Waals surface area (Å²) in [5.74, 6) is -0.506. The number of rotatable bonds is 4. The minimum atomic E-state index is -0.674. The summed E-state index contributed by atoms with van der Waals surface area (Å²) in [6, 6.07) is 5.20. The molecule has 1 N–H and O–H groups in total. The van der Waals surface area contributed by atoms with Crippen molar-refractivity contribution in [1.29, 1.82) is 5.26 Å². The van der Waals surface area contributed by atoms with Gasteiger partial charge in [0.05, 0.1) is 24.6 Å². The topological polar surface area (TPSA) is 75.0 Å². The van der Waals surface area contributed by atoms with Gasteiger partial charge in [-0.2, -0.15) is 5.26 Å². The molecule has 0 radical (unpaired) electrons. The van der Waals surface area contributed by atoms with Gasteiger partial charge in [-0.1, -0.05) is 0 Å². The second-order valence-corrected chi connectivity index (χ2v) is 3.16. The van der Waals surface area contributed by atoms with E-state index in [0.717, 1.165) is 0 Å². The number of anilines is 1. The number of hydrogen-bond donors (Lipinski definition) is 1. The van der Waals surface area contributed by atoms with E-state index in [4.69, 9.17) is 10.00 Å². The first-order chi connectivity index (χ1) is 7.67. The molecular weight excluding hydrogens is 206 g/mol. The fourth-order valence-electron chi connectivity index (χ4n) is 0.997. The SMILES string of the molecule is CCOc1ccc(NC(=O)C(C)C#N)cn1. The minimum Gasteiger partial charge on any atom is -0.478 e. The van der Waals surface area contributed by atoms with Crippen LogP contribution in [-0.2, 0) is 4.79 Å². The maximum atomic E-state index is 11.4. The van der Waals surface area contributed by atoms with Crippen LogP contribution in [0.2, 0.25) is 0 Å². The molecule has 0 spiro atoms. The van der Waals surface area contributed by atoms with Crippen LogP contribution in [0.25, 0.3) is 0 Å². The first kappa shape index (κ1) is 12.0. The Kier molecular flexibility index (Phi) is 4.28. The van der Waals surface area contributed by atoms with Crippen LogP contribution in [0.3, 0.4) is 0 Å². The van der Waals surface area contributed by atoms with Crippen LogP contribution < -0.4 is 10.1 Å². The largest absolute Gasteiger partial charge is 0.478 e. The van der Waals surface area contributed by atoms with Crippen LogP contribution in [0.4, 0.5) is 5.69 Å². The Morgan fingerprint density at radius 3 is 2.94 bits per heavy atom. The van der Waals surface area contributed by atoms with E-state index >= 15 is 0 Å². The van der Waals surface area contributed by atoms with Gasteiger partial charge >= 0.3 is 0 Å². The first-order valence-electron chi connectivity index (χ1n) is 4.96. The molecule has 0 aliphatic heterocycles. The van der Waals surface area contributed by atoms with E-state index in [1.807, 2.05) is 13.0 Å². The lowest BCUT2D eigenvalue weighted by atomic mass is 10.2. The molecule has 1 heterocycles. The molecule has 0 aliphatic carbocycles. The number of nitrogens with one attached hydrogen (secondary N) is 1. The summed E-state index contributed by atoms with van der Waals surface area (Å²) in [7, 11) is 0. The molecule has 1 amide bonds. The predicted molar refractivity (Wildman–Crippen MR) is 58.8 cm³/mol. The second-order valence-electron chi connectivity index (χ2n) is 3.16. The molecule has 1 rings (SSSR count). The fraction of sp³-hybridized carbons (Fsp3) is 0.364. The molecule has 16 heavy (non-hydrogen) atoms. The zero-order chi connectivity index (χ0) is 12.0. The van der Waals surface area contributed by atoms with Gasteiger partial charge in [-0.25, -0.2) is 4.98 Å². The van der Waals surface area contributed by atoms with Crippen LogP contribution in [0.5, 0.6) is 5.88 Å². The number of nitriles is 1. The van der Waals surface area contributed by atoms with Crippen molar-refractivity contribution in [3.05, 3.63) is 18.3 Å². The van der Waals surface area contributed by atoms with Crippen LogP contribution in [-0.4, -0.2) is 17.5 Å². The molecule has 1 atom stereocenters. The normalized spacial score (nSPS) is 11.3. The van der Waals surface area contributed by atoms with Crippen molar-refractivity contribution in [2.75, 3.05) is 11.9 Å². The van der Waals surface area contributed by atoms with E-state index in [1.165, 1.54) is 13.1 Å². The number of carbonyl (C=O) groups is 1. The van der Waals surface area contributed by atoms with Gasteiger partial charge in [-0.05, 0) is 19.9 Å². The highest BCUT2D eigenvalue weighted by molar-refractivity contribution is 5.93. The standard InChI is InChI=1S/C11H13N3O2/c1-3-16-10-5-4-9(7-13-10)14-11(15)8(2)6-12/h4-5,7-8H,3H2,1-2H3,(H,14,15). The summed E-state index contributed by atoms with van der Waals surface area (Å²) >= 11 is 0. The van der Waals surface area contributed by atoms with E-state index in [-0.39, 0.29) is 5.91 Å². The van der Waals surface area contributed by atoms with Gasteiger partial charge in [0.2, 0.25) is 11.8 Å². The Labute approximate surface area is 94.1 Å². The fourth-order valence-corrected chi connectivity index (χ4v) is 0.997. The zero-order valence-corrected chi connectivity index (χ0v) is 9.23. The van der Waals surface area contributed by atoms with Gasteiger partial charge in [-0.3, -0.25) is 4.79 Å². The Morgan fingerprint density at radius 2 is 2.44 bits per heavy atom. The number of aromatic nitrogens is 1. The molecule has 1 aromatic rings. The minimum absolute atomic E-state index is 0.339. The van der Waals surface area contributed by atoms with Gasteiger partial charge < -0.3 is 10.1 Å². The summed E-state index contributed by atoms with van der Waals surface area (Å²) in [6.07, 6.45) is 1.49. The maximum Gasteiger partial charge on any atom is 0.241 e. The molecule has 0 fully saturated rings. The number of hydrogen-bond acceptors (Lipinski definition) is 4. The average Bonchev–Trinajstić information content (AvgIpc) is 2.31. The third kappa shape index (κ3) is 3.24. The Hall–Kier alpha value is -2.09. The quantitative estimate of drug-likeness (QED) is 0.834. The number of amides is 1. The van der Waals surface area contributed by atoms with Crippen LogP contribution >= 0.6 is 0 Å². The van der Waals surface area contributed by atoms with E-state index < -0.39 is 5.92 Å². The molecule has 5 nitrogen and oxygen atoms in total. The molecule has 1 unspecified atom stereocenters. The van der Waals surface area contributed by atoms with Gasteiger partial charge in [-0.15, -0.1) is 0 Å². The summed E-state index contributed by atoms with van der Waals surface area (Å²) in [6.45, 7) is 3.95. The highest BCUT2D eigenvalue weighted by Crippen LogP contribution is 2.12. The number of ether oxygens (including phenoxy) is 1. The monoisotopic (exact) mass is 219 g/mol. The lowest BCUT2D eigenvalue weighted by Gasteiger charge is -2.06. The molecule has 0 bridgehead atoms. The van der Waals surface area contributed by atoms with Crippen LogP contribution in [0.1, 0.15) is 13.8 Å². The Bertz CT molecular complexity index is 395. The first-order valence-corrected chi connectivity index (χ1v) is 4.96. The molecule has 0 saturated carbocycles. The smallest absolute Gasteiger partial charge is 0.241 e. The summed E-state index contributed by atoms with van der Waals surface area (Å²) < 4.78 is 5.16. The van der Waals surface area contributed by atoms with E-state index in [2.05, 4.69) is 10.3 Å².